The Bertz CT molecular complexity index is 962. The fourth-order valence-electron chi connectivity index (χ4n) is 2.09. The topological polar surface area (TPSA) is 89.8 Å². The second-order valence-corrected chi connectivity index (χ2v) is 6.42. The van der Waals surface area contributed by atoms with Crippen molar-refractivity contribution < 1.29 is 17.9 Å². The van der Waals surface area contributed by atoms with Crippen molar-refractivity contribution in [2.45, 2.75) is 4.90 Å². The van der Waals surface area contributed by atoms with E-state index in [1.54, 1.807) is 35.1 Å². The summed E-state index contributed by atoms with van der Waals surface area (Å²) in [5, 5.41) is 4.04. The monoisotopic (exact) mass is 331 g/mol. The summed E-state index contributed by atoms with van der Waals surface area (Å²) in [6.45, 7) is 0. The summed E-state index contributed by atoms with van der Waals surface area (Å²) in [4.78, 5) is 11.4. The molecule has 23 heavy (non-hydrogen) atoms. The number of carbonyl (C=O) groups excluding carboxylic acids is 1. The minimum Gasteiger partial charge on any atom is -0.465 e. The average Bonchev–Trinajstić information content (AvgIpc) is 3.01. The zero-order chi connectivity index (χ0) is 16.4. The number of esters is 1. The van der Waals surface area contributed by atoms with Crippen LogP contribution in [0.15, 0.2) is 59.8 Å². The summed E-state index contributed by atoms with van der Waals surface area (Å²) in [6.07, 6.45) is 3.28. The smallest absolute Gasteiger partial charge is 0.337 e. The van der Waals surface area contributed by atoms with Crippen molar-refractivity contribution in [1.29, 1.82) is 0 Å². The fourth-order valence-corrected chi connectivity index (χ4v) is 3.14. The van der Waals surface area contributed by atoms with Crippen LogP contribution in [-0.2, 0) is 14.8 Å². The number of fused-ring (bicyclic) bond motifs is 1. The van der Waals surface area contributed by atoms with Gasteiger partial charge < -0.3 is 4.74 Å². The number of sulfonamides is 1. The molecule has 1 aromatic carbocycles. The molecule has 1 N–H and O–H groups in total. The highest BCUT2D eigenvalue weighted by molar-refractivity contribution is 7.92. The number of pyridine rings is 1. The minimum absolute atomic E-state index is 0.0542. The fraction of sp³-hybridized carbons (Fsp3) is 0.0667. The van der Waals surface area contributed by atoms with Crippen LogP contribution in [0.4, 0.5) is 5.69 Å². The Balaban J connectivity index is 1.87. The van der Waals surface area contributed by atoms with E-state index in [0.717, 1.165) is 5.52 Å². The van der Waals surface area contributed by atoms with Crippen molar-refractivity contribution in [1.82, 2.24) is 9.61 Å². The molecule has 0 amide bonds. The molecule has 0 atom stereocenters. The highest BCUT2D eigenvalue weighted by Crippen LogP contribution is 2.18. The molecule has 0 bridgehead atoms. The van der Waals surface area contributed by atoms with Crippen LogP contribution in [0.5, 0.6) is 0 Å². The number of rotatable bonds is 4. The highest BCUT2D eigenvalue weighted by atomic mass is 32.2. The molecule has 0 fully saturated rings. The van der Waals surface area contributed by atoms with Gasteiger partial charge in [-0.3, -0.25) is 4.72 Å². The van der Waals surface area contributed by atoms with Gasteiger partial charge in [-0.05, 0) is 42.5 Å². The predicted octanol–water partition coefficient (Wildman–Crippen LogP) is 1.92. The first-order chi connectivity index (χ1) is 11.0. The molecule has 8 heteroatoms. The lowest BCUT2D eigenvalue weighted by Crippen LogP contribution is -2.13. The van der Waals surface area contributed by atoms with Gasteiger partial charge in [0.05, 0.1) is 28.8 Å². The van der Waals surface area contributed by atoms with E-state index in [2.05, 4.69) is 14.6 Å². The molecule has 2 aromatic heterocycles. The summed E-state index contributed by atoms with van der Waals surface area (Å²) in [5.41, 5.74) is 1.48. The van der Waals surface area contributed by atoms with Gasteiger partial charge in [-0.15, -0.1) is 0 Å². The molecule has 0 unspecified atom stereocenters. The summed E-state index contributed by atoms with van der Waals surface area (Å²) in [6, 6.07) is 10.6. The molecule has 2 heterocycles. The average molecular weight is 331 g/mol. The lowest BCUT2D eigenvalue weighted by molar-refractivity contribution is 0.0600. The van der Waals surface area contributed by atoms with E-state index in [1.807, 2.05) is 0 Å². The first kappa shape index (κ1) is 15.0. The van der Waals surface area contributed by atoms with Crippen LogP contribution in [0.1, 0.15) is 10.4 Å². The maximum Gasteiger partial charge on any atom is 0.337 e. The van der Waals surface area contributed by atoms with E-state index in [-0.39, 0.29) is 10.5 Å². The zero-order valence-corrected chi connectivity index (χ0v) is 12.9. The number of benzene rings is 1. The summed E-state index contributed by atoms with van der Waals surface area (Å²) in [5.74, 6) is -0.520. The van der Waals surface area contributed by atoms with Gasteiger partial charge in [0.2, 0.25) is 0 Å². The van der Waals surface area contributed by atoms with Crippen LogP contribution >= 0.6 is 0 Å². The molecule has 3 rings (SSSR count). The maximum absolute atomic E-state index is 12.4. The van der Waals surface area contributed by atoms with Crippen molar-refractivity contribution in [2.24, 2.45) is 0 Å². The third kappa shape index (κ3) is 3.02. The molecule has 0 radical (unpaired) electrons. The largest absolute Gasteiger partial charge is 0.465 e. The van der Waals surface area contributed by atoms with Crippen LogP contribution in [0.25, 0.3) is 5.52 Å². The van der Waals surface area contributed by atoms with E-state index in [4.69, 9.17) is 0 Å². The van der Waals surface area contributed by atoms with E-state index < -0.39 is 16.0 Å². The Kier molecular flexibility index (Phi) is 3.75. The third-order valence-corrected chi connectivity index (χ3v) is 4.63. The number of ether oxygens (including phenoxy) is 1. The Morgan fingerprint density at radius 2 is 1.91 bits per heavy atom. The first-order valence-corrected chi connectivity index (χ1v) is 8.12. The second kappa shape index (κ2) is 5.73. The molecule has 0 spiro atoms. The zero-order valence-electron chi connectivity index (χ0n) is 12.1. The molecule has 0 saturated heterocycles. The predicted molar refractivity (Wildman–Crippen MR) is 83.8 cm³/mol. The van der Waals surface area contributed by atoms with Crippen LogP contribution in [0, 0.1) is 0 Å². The molecule has 0 saturated carbocycles. The number of hydrogen-bond donors (Lipinski definition) is 1. The van der Waals surface area contributed by atoms with Crippen LogP contribution in [0.3, 0.4) is 0 Å². The quantitative estimate of drug-likeness (QED) is 0.738. The van der Waals surface area contributed by atoms with Crippen molar-refractivity contribution in [3.63, 3.8) is 0 Å². The highest BCUT2D eigenvalue weighted by Gasteiger charge is 2.15. The van der Waals surface area contributed by atoms with Gasteiger partial charge in [-0.2, -0.15) is 5.10 Å². The summed E-state index contributed by atoms with van der Waals surface area (Å²) in [7, 11) is -2.48. The standard InChI is InChI=1S/C15H13N3O4S/c1-22-15(19)11-2-4-14(5-3-11)23(20,21)17-12-7-9-18-13(10-12)6-8-16-18/h2-10,17H,1H3. The summed E-state index contributed by atoms with van der Waals surface area (Å²) >= 11 is 0. The van der Waals surface area contributed by atoms with Gasteiger partial charge in [0.15, 0.2) is 0 Å². The lowest BCUT2D eigenvalue weighted by atomic mass is 10.2. The Hall–Kier alpha value is -2.87. The van der Waals surface area contributed by atoms with Gasteiger partial charge >= 0.3 is 5.97 Å². The number of nitrogens with zero attached hydrogens (tertiary/aromatic N) is 2. The molecular weight excluding hydrogens is 318 g/mol. The number of nitrogens with one attached hydrogen (secondary N) is 1. The second-order valence-electron chi connectivity index (χ2n) is 4.74. The van der Waals surface area contributed by atoms with E-state index in [1.165, 1.54) is 31.4 Å². The van der Waals surface area contributed by atoms with Crippen molar-refractivity contribution >= 4 is 27.2 Å². The Labute approximate surface area is 132 Å². The molecule has 7 nitrogen and oxygen atoms in total. The third-order valence-electron chi connectivity index (χ3n) is 3.24. The molecule has 0 aliphatic heterocycles. The van der Waals surface area contributed by atoms with Gasteiger partial charge in [0, 0.05) is 12.4 Å². The van der Waals surface area contributed by atoms with Crippen molar-refractivity contribution in [2.75, 3.05) is 11.8 Å². The molecule has 118 valence electrons. The van der Waals surface area contributed by atoms with E-state index in [9.17, 15) is 13.2 Å². The van der Waals surface area contributed by atoms with Crippen LogP contribution in [0.2, 0.25) is 0 Å². The van der Waals surface area contributed by atoms with E-state index in [0.29, 0.717) is 5.69 Å². The Morgan fingerprint density at radius 3 is 2.61 bits per heavy atom. The SMILES string of the molecule is COC(=O)c1ccc(S(=O)(=O)Nc2ccn3nccc3c2)cc1. The Morgan fingerprint density at radius 1 is 1.17 bits per heavy atom. The lowest BCUT2D eigenvalue weighted by Gasteiger charge is -2.09. The normalized spacial score (nSPS) is 11.3. The van der Waals surface area contributed by atoms with Crippen LogP contribution < -0.4 is 4.72 Å². The molecule has 3 aromatic rings. The number of methoxy groups -OCH3 is 1. The first-order valence-electron chi connectivity index (χ1n) is 6.64. The van der Waals surface area contributed by atoms with E-state index >= 15 is 0 Å². The van der Waals surface area contributed by atoms with Gasteiger partial charge in [0.25, 0.3) is 10.0 Å². The van der Waals surface area contributed by atoms with Gasteiger partial charge in [-0.25, -0.2) is 17.7 Å². The minimum atomic E-state index is -3.75. The number of anilines is 1. The van der Waals surface area contributed by atoms with Gasteiger partial charge in [0.1, 0.15) is 0 Å². The molecule has 0 aliphatic rings. The van der Waals surface area contributed by atoms with Crippen LogP contribution in [-0.4, -0.2) is 31.1 Å². The number of hydrogen-bond acceptors (Lipinski definition) is 5. The maximum atomic E-state index is 12.4. The number of aromatic nitrogens is 2. The number of carbonyl (C=O) groups is 1. The summed E-state index contributed by atoms with van der Waals surface area (Å²) < 4.78 is 33.5. The van der Waals surface area contributed by atoms with Gasteiger partial charge in [-0.1, -0.05) is 0 Å². The molecular formula is C15H13N3O4S. The van der Waals surface area contributed by atoms with Crippen molar-refractivity contribution in [3.8, 4) is 0 Å². The van der Waals surface area contributed by atoms with Crippen molar-refractivity contribution in [3.05, 3.63) is 60.4 Å². The molecule has 0 aliphatic carbocycles.